The fourth-order valence-corrected chi connectivity index (χ4v) is 5.80. The molecule has 4 aliphatic heterocycles. The van der Waals surface area contributed by atoms with E-state index >= 15 is 0 Å². The number of piperazine rings is 1. The standard InChI is InChI=1S/C20H38N4/c1-20(2,3)24-15-18-12-19(24)14-23(18)13-16-6-10-22(11-7-16)17-4-8-21-9-5-17/h16-19,21H,4-15H2,1-3H3/t18-,19-/m1/s1. The van der Waals surface area contributed by atoms with Gasteiger partial charge >= 0.3 is 0 Å². The fourth-order valence-electron chi connectivity index (χ4n) is 5.80. The molecule has 24 heavy (non-hydrogen) atoms. The van der Waals surface area contributed by atoms with Crippen molar-refractivity contribution in [3.63, 3.8) is 0 Å². The second kappa shape index (κ2) is 6.86. The summed E-state index contributed by atoms with van der Waals surface area (Å²) >= 11 is 0. The maximum absolute atomic E-state index is 3.50. The van der Waals surface area contributed by atoms with Crippen molar-refractivity contribution in [3.05, 3.63) is 0 Å². The van der Waals surface area contributed by atoms with Gasteiger partial charge in [-0.3, -0.25) is 9.80 Å². The van der Waals surface area contributed by atoms with E-state index in [9.17, 15) is 0 Å². The Bertz CT molecular complexity index is 418. The van der Waals surface area contributed by atoms with E-state index in [0.717, 1.165) is 24.0 Å². The van der Waals surface area contributed by atoms with Gasteiger partial charge in [-0.2, -0.15) is 0 Å². The molecule has 4 heterocycles. The molecule has 0 aliphatic carbocycles. The minimum absolute atomic E-state index is 0.353. The zero-order valence-electron chi connectivity index (χ0n) is 16.1. The summed E-state index contributed by atoms with van der Waals surface area (Å²) in [6, 6.07) is 2.54. The van der Waals surface area contributed by atoms with Crippen LogP contribution in [0.5, 0.6) is 0 Å². The van der Waals surface area contributed by atoms with Gasteiger partial charge in [-0.25, -0.2) is 0 Å². The Balaban J connectivity index is 1.23. The van der Waals surface area contributed by atoms with Gasteiger partial charge in [-0.05, 0) is 85.0 Å². The van der Waals surface area contributed by atoms with Crippen LogP contribution in [-0.2, 0) is 0 Å². The van der Waals surface area contributed by atoms with Crippen molar-refractivity contribution < 1.29 is 0 Å². The van der Waals surface area contributed by atoms with Crippen molar-refractivity contribution in [1.82, 2.24) is 20.0 Å². The van der Waals surface area contributed by atoms with Crippen LogP contribution in [0.1, 0.15) is 52.9 Å². The highest BCUT2D eigenvalue weighted by atomic mass is 15.4. The highest BCUT2D eigenvalue weighted by Gasteiger charge is 2.47. The highest BCUT2D eigenvalue weighted by molar-refractivity contribution is 5.03. The SMILES string of the molecule is CC(C)(C)N1C[C@H]2C[C@@H]1CN2CC1CCN(C2CCNCC2)CC1. The molecule has 4 saturated heterocycles. The largest absolute Gasteiger partial charge is 0.317 e. The van der Waals surface area contributed by atoms with Crippen LogP contribution in [0, 0.1) is 5.92 Å². The van der Waals surface area contributed by atoms with Gasteiger partial charge in [-0.1, -0.05) is 0 Å². The highest BCUT2D eigenvalue weighted by Crippen LogP contribution is 2.36. The number of hydrogen-bond donors (Lipinski definition) is 1. The van der Waals surface area contributed by atoms with Gasteiger partial charge in [0.2, 0.25) is 0 Å². The molecule has 0 aromatic rings. The van der Waals surface area contributed by atoms with Crippen LogP contribution in [-0.4, -0.2) is 84.2 Å². The molecular formula is C20H38N4. The van der Waals surface area contributed by atoms with Gasteiger partial charge < -0.3 is 10.2 Å². The molecular weight excluding hydrogens is 296 g/mol. The number of piperidine rings is 2. The first kappa shape index (κ1) is 17.3. The first-order valence-electron chi connectivity index (χ1n) is 10.5. The topological polar surface area (TPSA) is 21.8 Å². The average molecular weight is 335 g/mol. The molecule has 4 fully saturated rings. The van der Waals surface area contributed by atoms with E-state index in [1.807, 2.05) is 0 Å². The monoisotopic (exact) mass is 334 g/mol. The molecule has 2 atom stereocenters. The summed E-state index contributed by atoms with van der Waals surface area (Å²) < 4.78 is 0. The molecule has 0 amide bonds. The second-order valence-corrected chi connectivity index (χ2v) is 9.78. The lowest BCUT2D eigenvalue weighted by Crippen LogP contribution is -2.54. The zero-order chi connectivity index (χ0) is 16.7. The number of nitrogens with one attached hydrogen (secondary N) is 1. The molecule has 0 aromatic carbocycles. The lowest BCUT2D eigenvalue weighted by Gasteiger charge is -2.44. The van der Waals surface area contributed by atoms with Gasteiger partial charge in [0.05, 0.1) is 0 Å². The molecule has 2 bridgehead atoms. The van der Waals surface area contributed by atoms with E-state index in [1.165, 1.54) is 77.9 Å². The van der Waals surface area contributed by atoms with Crippen LogP contribution in [0.15, 0.2) is 0 Å². The lowest BCUT2D eigenvalue weighted by atomic mass is 9.93. The van der Waals surface area contributed by atoms with Crippen LogP contribution in [0.25, 0.3) is 0 Å². The Morgan fingerprint density at radius 3 is 2.17 bits per heavy atom. The molecule has 0 saturated carbocycles. The van der Waals surface area contributed by atoms with Crippen molar-refractivity contribution in [3.8, 4) is 0 Å². The molecule has 0 radical (unpaired) electrons. The third kappa shape index (κ3) is 3.53. The van der Waals surface area contributed by atoms with Gasteiger partial charge in [0.1, 0.15) is 0 Å². The van der Waals surface area contributed by atoms with Crippen LogP contribution in [0.2, 0.25) is 0 Å². The maximum atomic E-state index is 3.50. The summed E-state index contributed by atoms with van der Waals surface area (Å²) in [6.07, 6.45) is 7.01. The normalized spacial score (nSPS) is 35.1. The van der Waals surface area contributed by atoms with E-state index < -0.39 is 0 Å². The number of nitrogens with zero attached hydrogens (tertiary/aromatic N) is 3. The summed E-state index contributed by atoms with van der Waals surface area (Å²) in [5, 5.41) is 3.50. The van der Waals surface area contributed by atoms with Crippen molar-refractivity contribution in [2.75, 3.05) is 45.8 Å². The van der Waals surface area contributed by atoms with E-state index in [1.54, 1.807) is 0 Å². The van der Waals surface area contributed by atoms with Crippen LogP contribution >= 0.6 is 0 Å². The zero-order valence-corrected chi connectivity index (χ0v) is 16.1. The second-order valence-electron chi connectivity index (χ2n) is 9.78. The Morgan fingerprint density at radius 2 is 1.58 bits per heavy atom. The Labute approximate surface area is 148 Å². The molecule has 0 aromatic heterocycles. The first-order valence-corrected chi connectivity index (χ1v) is 10.5. The number of fused-ring (bicyclic) bond motifs is 2. The number of likely N-dealkylation sites (tertiary alicyclic amines) is 3. The van der Waals surface area contributed by atoms with Crippen molar-refractivity contribution in [2.45, 2.75) is 76.5 Å². The molecule has 1 N–H and O–H groups in total. The molecule has 4 rings (SSSR count). The predicted octanol–water partition coefficient (Wildman–Crippen LogP) is 2.01. The molecule has 4 aliphatic rings. The summed E-state index contributed by atoms with van der Waals surface area (Å²) in [5.74, 6) is 0.949. The van der Waals surface area contributed by atoms with Crippen molar-refractivity contribution in [2.24, 2.45) is 5.92 Å². The summed E-state index contributed by atoms with van der Waals surface area (Å²) in [7, 11) is 0. The summed E-state index contributed by atoms with van der Waals surface area (Å²) in [4.78, 5) is 8.40. The number of rotatable bonds is 3. The molecule has 0 spiro atoms. The third-order valence-electron chi connectivity index (χ3n) is 7.18. The molecule has 138 valence electrons. The molecule has 4 heteroatoms. The Hall–Kier alpha value is -0.160. The average Bonchev–Trinajstić information content (AvgIpc) is 3.16. The van der Waals surface area contributed by atoms with E-state index in [2.05, 4.69) is 40.8 Å². The predicted molar refractivity (Wildman–Crippen MR) is 100 cm³/mol. The summed E-state index contributed by atoms with van der Waals surface area (Å²) in [5.41, 5.74) is 0.353. The van der Waals surface area contributed by atoms with Crippen molar-refractivity contribution in [1.29, 1.82) is 0 Å². The van der Waals surface area contributed by atoms with Crippen LogP contribution in [0.3, 0.4) is 0 Å². The first-order chi connectivity index (χ1) is 11.5. The van der Waals surface area contributed by atoms with Crippen LogP contribution < -0.4 is 5.32 Å². The third-order valence-corrected chi connectivity index (χ3v) is 7.18. The van der Waals surface area contributed by atoms with Gasteiger partial charge in [0, 0.05) is 43.3 Å². The van der Waals surface area contributed by atoms with Gasteiger partial charge in [-0.15, -0.1) is 0 Å². The molecule has 0 unspecified atom stereocenters. The minimum atomic E-state index is 0.353. The Kier molecular flexibility index (Phi) is 4.94. The quantitative estimate of drug-likeness (QED) is 0.852. The van der Waals surface area contributed by atoms with Gasteiger partial charge in [0.15, 0.2) is 0 Å². The minimum Gasteiger partial charge on any atom is -0.317 e. The Morgan fingerprint density at radius 1 is 0.875 bits per heavy atom. The fraction of sp³-hybridized carbons (Fsp3) is 1.00. The number of hydrogen-bond acceptors (Lipinski definition) is 4. The maximum Gasteiger partial charge on any atom is 0.0244 e. The lowest BCUT2D eigenvalue weighted by molar-refractivity contribution is 0.0397. The van der Waals surface area contributed by atoms with Gasteiger partial charge in [0.25, 0.3) is 0 Å². The van der Waals surface area contributed by atoms with E-state index in [4.69, 9.17) is 0 Å². The smallest absolute Gasteiger partial charge is 0.0244 e. The van der Waals surface area contributed by atoms with E-state index in [-0.39, 0.29) is 0 Å². The van der Waals surface area contributed by atoms with Crippen LogP contribution in [0.4, 0.5) is 0 Å². The van der Waals surface area contributed by atoms with Crippen molar-refractivity contribution >= 4 is 0 Å². The summed E-state index contributed by atoms with van der Waals surface area (Å²) in [6.45, 7) is 16.3. The molecule has 4 nitrogen and oxygen atoms in total. The van der Waals surface area contributed by atoms with E-state index in [0.29, 0.717) is 5.54 Å².